The van der Waals surface area contributed by atoms with E-state index >= 15 is 0 Å². The fraction of sp³-hybridized carbons (Fsp3) is 0.681. The van der Waals surface area contributed by atoms with Gasteiger partial charge in [0.1, 0.15) is 12.2 Å². The Labute approximate surface area is 375 Å². The summed E-state index contributed by atoms with van der Waals surface area (Å²) in [5.74, 6) is -8.31. The lowest BCUT2D eigenvalue weighted by Crippen LogP contribution is -2.62. The van der Waals surface area contributed by atoms with E-state index in [0.717, 1.165) is 32.1 Å². The molecule has 0 spiro atoms. The Morgan fingerprint density at radius 2 is 1.56 bits per heavy atom. The summed E-state index contributed by atoms with van der Waals surface area (Å²) in [4.78, 5) is 64.7. The summed E-state index contributed by atoms with van der Waals surface area (Å²) >= 11 is 0. The first kappa shape index (κ1) is 52.4. The van der Waals surface area contributed by atoms with E-state index in [2.05, 4.69) is 0 Å². The average molecular weight is 905 g/mol. The second kappa shape index (κ2) is 22.3. The SMILES string of the molecule is CCC/C=C/C=C/C(=O)O[C@@H]1/C(=C/C(=O)OC)C[C@@H]2C[C@@H]([C@H](C)O)OC(=O)C[C@@H](O)C[C@H]3C[C@@H](OC(C)=O)C(C)(C)[C@@](O)(C[C@H]4C/C(=C/C(=O)OC)C[C@@H](/C=C\C(C)(C)[C@@]1(O)O2)O4)O3. The maximum absolute atomic E-state index is 13.4. The minimum Gasteiger partial charge on any atom is -0.466 e. The number of allylic oxidation sites excluding steroid dienone is 3. The molecule has 11 atom stereocenters. The Balaban J connectivity index is 1.89. The number of hydrogen-bond donors (Lipinski definition) is 4. The molecule has 0 aliphatic carbocycles. The minimum absolute atomic E-state index is 0.0721. The second-order valence-corrected chi connectivity index (χ2v) is 18.3. The number of aliphatic hydroxyl groups is 4. The molecule has 0 radical (unpaired) electrons. The molecule has 0 aromatic rings. The molecule has 358 valence electrons. The number of fused-ring (bicyclic) bond motifs is 6. The number of carbonyl (C=O) groups excluding carboxylic acids is 5. The third kappa shape index (κ3) is 13.4. The molecule has 0 aromatic heterocycles. The first-order chi connectivity index (χ1) is 29.9. The summed E-state index contributed by atoms with van der Waals surface area (Å²) in [7, 11) is 2.40. The van der Waals surface area contributed by atoms with E-state index in [-0.39, 0.29) is 50.5 Å². The lowest BCUT2D eigenvalue weighted by Gasteiger charge is -2.53. The number of ether oxygens (including phenoxy) is 8. The fourth-order valence-corrected chi connectivity index (χ4v) is 8.57. The van der Waals surface area contributed by atoms with Crippen molar-refractivity contribution in [2.75, 3.05) is 14.2 Å². The predicted molar refractivity (Wildman–Crippen MR) is 228 cm³/mol. The molecule has 4 rings (SSSR count). The highest BCUT2D eigenvalue weighted by atomic mass is 16.7. The van der Waals surface area contributed by atoms with Crippen molar-refractivity contribution in [3.63, 3.8) is 0 Å². The van der Waals surface area contributed by atoms with Gasteiger partial charge in [-0.3, -0.25) is 9.59 Å². The fourth-order valence-electron chi connectivity index (χ4n) is 8.57. The Hall–Kier alpha value is -4.23. The lowest BCUT2D eigenvalue weighted by atomic mass is 9.70. The molecule has 64 heavy (non-hydrogen) atoms. The molecule has 4 heterocycles. The number of aliphatic hydroxyl groups excluding tert-OH is 2. The van der Waals surface area contributed by atoms with Gasteiger partial charge in [-0.25, -0.2) is 14.4 Å². The Kier molecular flexibility index (Phi) is 18.3. The maximum Gasteiger partial charge on any atom is 0.331 e. The van der Waals surface area contributed by atoms with Gasteiger partial charge < -0.3 is 58.3 Å². The van der Waals surface area contributed by atoms with E-state index in [1.54, 1.807) is 45.9 Å². The highest BCUT2D eigenvalue weighted by molar-refractivity contribution is 5.85. The summed E-state index contributed by atoms with van der Waals surface area (Å²) in [5.41, 5.74) is -2.06. The van der Waals surface area contributed by atoms with Crippen LogP contribution in [-0.4, -0.2) is 131 Å². The van der Waals surface area contributed by atoms with Gasteiger partial charge in [-0.15, -0.1) is 0 Å². The second-order valence-electron chi connectivity index (χ2n) is 18.3. The van der Waals surface area contributed by atoms with E-state index in [4.69, 9.17) is 37.9 Å². The van der Waals surface area contributed by atoms with Gasteiger partial charge in [-0.2, -0.15) is 0 Å². The van der Waals surface area contributed by atoms with Gasteiger partial charge in [0.05, 0.1) is 62.7 Å². The average Bonchev–Trinajstić information content (AvgIpc) is 3.19. The Bertz CT molecular complexity index is 1830. The van der Waals surface area contributed by atoms with Crippen LogP contribution in [0.5, 0.6) is 0 Å². The molecule has 4 aliphatic rings. The standard InChI is InChI=1S/C47H68O17/c1-10-11-12-13-14-15-39(51)62-43-31(22-41(53)58-9)21-34-25-37(28(2)48)61-42(54)24-32(50)23-35-26-38(59-29(3)49)45(6,7)46(55,63-35)27-36-19-30(20-40(52)57-8)18-33(60-36)16-17-44(4,5)47(43,56)64-34/h12-17,20,22,28,32-38,43,48,50,55-56H,10-11,18-19,21,23-27H2,1-9H3/b13-12+,15-14+,17-16-,30-20+,31-22+/t28-,32-,33+,34+,35-,36+,37-,38+,43+,46+,47-/m0/s1. The van der Waals surface area contributed by atoms with Gasteiger partial charge >= 0.3 is 29.8 Å². The third-order valence-corrected chi connectivity index (χ3v) is 12.4. The van der Waals surface area contributed by atoms with Crippen LogP contribution in [0.25, 0.3) is 0 Å². The van der Waals surface area contributed by atoms with Crippen LogP contribution in [0.4, 0.5) is 0 Å². The summed E-state index contributed by atoms with van der Waals surface area (Å²) in [5, 5.41) is 47.5. The third-order valence-electron chi connectivity index (χ3n) is 12.4. The summed E-state index contributed by atoms with van der Waals surface area (Å²) in [6.07, 6.45) is 2.55. The van der Waals surface area contributed by atoms with Gasteiger partial charge in [0, 0.05) is 56.3 Å². The Morgan fingerprint density at radius 3 is 2.20 bits per heavy atom. The first-order valence-corrected chi connectivity index (χ1v) is 21.9. The number of unbranched alkanes of at least 4 members (excludes halogenated alkanes) is 1. The van der Waals surface area contributed by atoms with Crippen molar-refractivity contribution in [1.29, 1.82) is 0 Å². The van der Waals surface area contributed by atoms with Crippen molar-refractivity contribution in [3.05, 3.63) is 59.8 Å². The zero-order valence-electron chi connectivity index (χ0n) is 38.5. The minimum atomic E-state index is -2.47. The van der Waals surface area contributed by atoms with Crippen molar-refractivity contribution in [3.8, 4) is 0 Å². The Morgan fingerprint density at radius 1 is 0.875 bits per heavy atom. The number of rotatable bonds is 9. The van der Waals surface area contributed by atoms with Crippen LogP contribution in [0, 0.1) is 10.8 Å². The first-order valence-electron chi connectivity index (χ1n) is 21.9. The molecule has 0 saturated carbocycles. The highest BCUT2D eigenvalue weighted by Gasteiger charge is 2.59. The molecule has 0 unspecified atom stereocenters. The molecular formula is C47H68O17. The topological polar surface area (TPSA) is 240 Å². The number of carbonyl (C=O) groups is 5. The molecular weight excluding hydrogens is 836 g/mol. The number of esters is 5. The molecule has 17 heteroatoms. The van der Waals surface area contributed by atoms with Crippen LogP contribution in [0.1, 0.15) is 113 Å². The number of methoxy groups -OCH3 is 2. The predicted octanol–water partition coefficient (Wildman–Crippen LogP) is 4.28. The van der Waals surface area contributed by atoms with E-state index in [1.807, 2.05) is 13.0 Å². The van der Waals surface area contributed by atoms with Crippen LogP contribution in [0.2, 0.25) is 0 Å². The molecule has 0 amide bonds. The molecule has 6 bridgehead atoms. The van der Waals surface area contributed by atoms with Crippen molar-refractivity contribution in [2.24, 2.45) is 10.8 Å². The molecule has 4 aliphatic heterocycles. The van der Waals surface area contributed by atoms with Crippen molar-refractivity contribution in [2.45, 2.75) is 179 Å². The summed E-state index contributed by atoms with van der Waals surface area (Å²) < 4.78 is 46.7. The van der Waals surface area contributed by atoms with Gasteiger partial charge in [-0.05, 0) is 38.2 Å². The molecule has 3 saturated heterocycles. The van der Waals surface area contributed by atoms with Crippen LogP contribution in [0.15, 0.2) is 59.8 Å². The zero-order chi connectivity index (χ0) is 47.6. The van der Waals surface area contributed by atoms with Crippen LogP contribution < -0.4 is 0 Å². The smallest absolute Gasteiger partial charge is 0.331 e. The molecule has 4 N–H and O–H groups in total. The van der Waals surface area contributed by atoms with E-state index < -0.39 is 114 Å². The number of hydrogen-bond acceptors (Lipinski definition) is 17. The van der Waals surface area contributed by atoms with E-state index in [0.29, 0.717) is 5.57 Å². The molecule has 3 fully saturated rings. The van der Waals surface area contributed by atoms with Crippen LogP contribution >= 0.6 is 0 Å². The largest absolute Gasteiger partial charge is 0.466 e. The van der Waals surface area contributed by atoms with Crippen molar-refractivity contribution in [1.82, 2.24) is 0 Å². The van der Waals surface area contributed by atoms with Crippen molar-refractivity contribution >= 4 is 29.8 Å². The quantitative estimate of drug-likeness (QED) is 0.0830. The van der Waals surface area contributed by atoms with Crippen molar-refractivity contribution < 1.29 is 82.3 Å². The summed E-state index contributed by atoms with van der Waals surface area (Å²) in [6.45, 7) is 11.2. The van der Waals surface area contributed by atoms with Gasteiger partial charge in [0.2, 0.25) is 5.79 Å². The summed E-state index contributed by atoms with van der Waals surface area (Å²) in [6, 6.07) is 0. The van der Waals surface area contributed by atoms with E-state index in [9.17, 15) is 44.4 Å². The molecule has 17 nitrogen and oxygen atoms in total. The number of cyclic esters (lactones) is 1. The maximum atomic E-state index is 13.4. The van der Waals surface area contributed by atoms with Gasteiger partial charge in [-0.1, -0.05) is 77.0 Å². The normalized spacial score (nSPS) is 35.8. The highest BCUT2D eigenvalue weighted by Crippen LogP contribution is 2.50. The monoisotopic (exact) mass is 904 g/mol. The van der Waals surface area contributed by atoms with Gasteiger partial charge in [0.15, 0.2) is 11.9 Å². The molecule has 0 aromatic carbocycles. The lowest BCUT2D eigenvalue weighted by molar-refractivity contribution is -0.348. The van der Waals surface area contributed by atoms with Gasteiger partial charge in [0.25, 0.3) is 0 Å². The van der Waals surface area contributed by atoms with Crippen LogP contribution in [-0.2, 0) is 61.9 Å². The van der Waals surface area contributed by atoms with Crippen LogP contribution in [0.3, 0.4) is 0 Å². The van der Waals surface area contributed by atoms with E-state index in [1.165, 1.54) is 33.1 Å². The zero-order valence-corrected chi connectivity index (χ0v) is 38.5.